The number of pyridine rings is 1. The first-order chi connectivity index (χ1) is 7.93. The zero-order valence-electron chi connectivity index (χ0n) is 8.89. The molecule has 0 aliphatic heterocycles. The van der Waals surface area contributed by atoms with Crippen LogP contribution in [0.1, 0.15) is 11.1 Å². The summed E-state index contributed by atoms with van der Waals surface area (Å²) in [4.78, 5) is 11.1. The fraction of sp³-hybridized carbons (Fsp3) is 0.375. The molecule has 0 aliphatic carbocycles. The Hall–Kier alpha value is -1.55. The molecule has 102 valence electrons. The second kappa shape index (κ2) is 4.28. The SMILES string of the molecule is Cn1c(O)c(CS(=O)(=O)O)c(C(F)(F)F)cc1=O. The first-order valence-corrected chi connectivity index (χ1v) is 5.98. The molecule has 0 radical (unpaired) electrons. The van der Waals surface area contributed by atoms with E-state index in [1.807, 2.05) is 0 Å². The van der Waals surface area contributed by atoms with Crippen LogP contribution in [0.4, 0.5) is 13.2 Å². The lowest BCUT2D eigenvalue weighted by Crippen LogP contribution is -2.23. The standard InChI is InChI=1S/C8H8F3NO5S/c1-12-6(13)2-5(8(9,10)11)4(7(12)14)3-18(15,16)17/h2,14H,3H2,1H3,(H,15,16,17). The van der Waals surface area contributed by atoms with Crippen LogP contribution < -0.4 is 5.56 Å². The highest BCUT2D eigenvalue weighted by molar-refractivity contribution is 7.85. The van der Waals surface area contributed by atoms with Crippen molar-refractivity contribution in [2.45, 2.75) is 11.9 Å². The molecule has 1 aromatic heterocycles. The normalized spacial score (nSPS) is 12.7. The molecular formula is C8H8F3NO5S. The van der Waals surface area contributed by atoms with Crippen molar-refractivity contribution in [3.05, 3.63) is 27.5 Å². The van der Waals surface area contributed by atoms with Gasteiger partial charge >= 0.3 is 6.18 Å². The largest absolute Gasteiger partial charge is 0.494 e. The molecule has 1 heterocycles. The molecule has 18 heavy (non-hydrogen) atoms. The van der Waals surface area contributed by atoms with Crippen LogP contribution in [-0.2, 0) is 29.1 Å². The van der Waals surface area contributed by atoms with E-state index in [1.165, 1.54) is 0 Å². The van der Waals surface area contributed by atoms with Crippen LogP contribution in [0.15, 0.2) is 10.9 Å². The van der Waals surface area contributed by atoms with Crippen LogP contribution in [0.5, 0.6) is 5.88 Å². The first-order valence-electron chi connectivity index (χ1n) is 4.37. The molecule has 2 N–H and O–H groups in total. The Balaban J connectivity index is 3.66. The number of aromatic nitrogens is 1. The van der Waals surface area contributed by atoms with Gasteiger partial charge in [-0.25, -0.2) is 0 Å². The van der Waals surface area contributed by atoms with Gasteiger partial charge in [-0.1, -0.05) is 0 Å². The van der Waals surface area contributed by atoms with Gasteiger partial charge in [0, 0.05) is 18.7 Å². The molecule has 0 saturated heterocycles. The van der Waals surface area contributed by atoms with Crippen LogP contribution in [0, 0.1) is 0 Å². The minimum absolute atomic E-state index is 0.153. The zero-order valence-corrected chi connectivity index (χ0v) is 9.71. The number of hydrogen-bond acceptors (Lipinski definition) is 4. The van der Waals surface area contributed by atoms with Crippen LogP contribution >= 0.6 is 0 Å². The Labute approximate surface area is 99.0 Å². The van der Waals surface area contributed by atoms with Gasteiger partial charge in [0.15, 0.2) is 5.88 Å². The number of nitrogens with zero attached hydrogens (tertiary/aromatic N) is 1. The summed E-state index contributed by atoms with van der Waals surface area (Å²) in [6.45, 7) is 0. The van der Waals surface area contributed by atoms with Crippen LogP contribution in [0.2, 0.25) is 0 Å². The lowest BCUT2D eigenvalue weighted by Gasteiger charge is -2.14. The summed E-state index contributed by atoms with van der Waals surface area (Å²) in [7, 11) is -3.82. The lowest BCUT2D eigenvalue weighted by molar-refractivity contribution is -0.138. The molecular weight excluding hydrogens is 279 g/mol. The van der Waals surface area contributed by atoms with Gasteiger partial charge < -0.3 is 5.11 Å². The van der Waals surface area contributed by atoms with Crippen LogP contribution in [0.3, 0.4) is 0 Å². The third-order valence-electron chi connectivity index (χ3n) is 2.14. The fourth-order valence-electron chi connectivity index (χ4n) is 1.31. The van der Waals surface area contributed by atoms with Crippen molar-refractivity contribution in [2.75, 3.05) is 0 Å². The van der Waals surface area contributed by atoms with Gasteiger partial charge in [0.25, 0.3) is 15.7 Å². The summed E-state index contributed by atoms with van der Waals surface area (Å²) in [5, 5.41) is 9.37. The Morgan fingerprint density at radius 3 is 2.28 bits per heavy atom. The van der Waals surface area contributed by atoms with Gasteiger partial charge in [0.2, 0.25) is 0 Å². The Morgan fingerprint density at radius 1 is 1.39 bits per heavy atom. The van der Waals surface area contributed by atoms with Crippen molar-refractivity contribution in [3.63, 3.8) is 0 Å². The van der Waals surface area contributed by atoms with E-state index in [4.69, 9.17) is 4.55 Å². The topological polar surface area (TPSA) is 96.6 Å². The third kappa shape index (κ3) is 3.01. The van der Waals surface area contributed by atoms with Crippen molar-refractivity contribution in [3.8, 4) is 5.88 Å². The fourth-order valence-corrected chi connectivity index (χ4v) is 1.96. The predicted molar refractivity (Wildman–Crippen MR) is 53.6 cm³/mol. The number of aromatic hydroxyl groups is 1. The minimum Gasteiger partial charge on any atom is -0.494 e. The van der Waals surface area contributed by atoms with Gasteiger partial charge in [-0.3, -0.25) is 13.9 Å². The average Bonchev–Trinajstić information content (AvgIpc) is 2.15. The van der Waals surface area contributed by atoms with Gasteiger partial charge in [0.05, 0.1) is 5.56 Å². The molecule has 0 unspecified atom stereocenters. The number of halogens is 3. The maximum atomic E-state index is 12.6. The van der Waals surface area contributed by atoms with E-state index in [9.17, 15) is 31.5 Å². The first kappa shape index (κ1) is 14.5. The van der Waals surface area contributed by atoms with Gasteiger partial charge in [0.1, 0.15) is 5.75 Å². The number of alkyl halides is 3. The summed E-state index contributed by atoms with van der Waals surface area (Å²) in [6.07, 6.45) is -5.02. The van der Waals surface area contributed by atoms with Crippen LogP contribution in [-0.4, -0.2) is 22.6 Å². The Morgan fingerprint density at radius 2 is 1.89 bits per heavy atom. The van der Waals surface area contributed by atoms with Crippen molar-refractivity contribution in [1.82, 2.24) is 4.57 Å². The molecule has 0 aliphatic rings. The summed E-state index contributed by atoms with van der Waals surface area (Å²) in [6, 6.07) is 0.153. The van der Waals surface area contributed by atoms with Crippen LogP contribution in [0.25, 0.3) is 0 Å². The van der Waals surface area contributed by atoms with Crippen molar-refractivity contribution in [1.29, 1.82) is 0 Å². The smallest absolute Gasteiger partial charge is 0.417 e. The van der Waals surface area contributed by atoms with Crippen molar-refractivity contribution < 1.29 is 31.2 Å². The highest BCUT2D eigenvalue weighted by Gasteiger charge is 2.37. The highest BCUT2D eigenvalue weighted by Crippen LogP contribution is 2.35. The van der Waals surface area contributed by atoms with Gasteiger partial charge in [-0.2, -0.15) is 21.6 Å². The molecule has 0 aromatic carbocycles. The molecule has 6 nitrogen and oxygen atoms in total. The van der Waals surface area contributed by atoms with E-state index in [-0.39, 0.29) is 6.07 Å². The highest BCUT2D eigenvalue weighted by atomic mass is 32.2. The molecule has 0 saturated carbocycles. The summed E-state index contributed by atoms with van der Waals surface area (Å²) in [5.74, 6) is -2.60. The number of hydrogen-bond donors (Lipinski definition) is 2. The maximum Gasteiger partial charge on any atom is 0.417 e. The van der Waals surface area contributed by atoms with E-state index in [0.717, 1.165) is 7.05 Å². The lowest BCUT2D eigenvalue weighted by atomic mass is 10.1. The van der Waals surface area contributed by atoms with E-state index in [2.05, 4.69) is 0 Å². The predicted octanol–water partition coefficient (Wildman–Crippen LogP) is 0.498. The van der Waals surface area contributed by atoms with E-state index >= 15 is 0 Å². The monoisotopic (exact) mass is 287 g/mol. The zero-order chi connectivity index (χ0) is 14.3. The van der Waals surface area contributed by atoms with Gasteiger partial charge in [-0.15, -0.1) is 0 Å². The van der Waals surface area contributed by atoms with E-state index in [1.54, 1.807) is 0 Å². The number of rotatable bonds is 2. The molecule has 0 fully saturated rings. The second-order valence-corrected chi connectivity index (χ2v) is 4.93. The quantitative estimate of drug-likeness (QED) is 0.772. The molecule has 0 amide bonds. The summed E-state index contributed by atoms with van der Waals surface area (Å²) >= 11 is 0. The molecule has 1 rings (SSSR count). The molecule has 0 bridgehead atoms. The Bertz CT molecular complexity index is 631. The van der Waals surface area contributed by atoms with Crippen molar-refractivity contribution >= 4 is 10.1 Å². The third-order valence-corrected chi connectivity index (χ3v) is 2.80. The van der Waals surface area contributed by atoms with E-state index < -0.39 is 44.6 Å². The Kier molecular flexibility index (Phi) is 3.45. The van der Waals surface area contributed by atoms with Crippen molar-refractivity contribution in [2.24, 2.45) is 7.05 Å². The summed E-state index contributed by atoms with van der Waals surface area (Å²) < 4.78 is 68.0. The van der Waals surface area contributed by atoms with Gasteiger partial charge in [-0.05, 0) is 0 Å². The molecule has 0 atom stereocenters. The molecule has 10 heteroatoms. The summed E-state index contributed by atoms with van der Waals surface area (Å²) in [5.41, 5.74) is -3.83. The molecule has 1 aromatic rings. The maximum absolute atomic E-state index is 12.6. The van der Waals surface area contributed by atoms with E-state index in [0.29, 0.717) is 4.57 Å². The average molecular weight is 287 g/mol. The second-order valence-electron chi connectivity index (χ2n) is 3.48. The molecule has 0 spiro atoms. The minimum atomic E-state index is -5.02.